The third-order valence-electron chi connectivity index (χ3n) is 7.32. The van der Waals surface area contributed by atoms with Crippen LogP contribution in [0.25, 0.3) is 0 Å². The second kappa shape index (κ2) is 9.49. The Labute approximate surface area is 195 Å². The number of para-hydroxylation sites is 1. The van der Waals surface area contributed by atoms with E-state index in [-0.39, 0.29) is 24.2 Å². The minimum absolute atomic E-state index is 0.0803. The van der Waals surface area contributed by atoms with Gasteiger partial charge in [-0.05, 0) is 56.6 Å². The monoisotopic (exact) mass is 447 g/mol. The maximum absolute atomic E-state index is 13.3. The van der Waals surface area contributed by atoms with E-state index in [0.717, 1.165) is 60.9 Å². The van der Waals surface area contributed by atoms with Gasteiger partial charge in [0.05, 0.1) is 5.92 Å². The number of likely N-dealkylation sites (tertiary alicyclic amines) is 1. The average molecular weight is 448 g/mol. The Bertz CT molecular complexity index is 1030. The van der Waals surface area contributed by atoms with E-state index in [9.17, 15) is 9.59 Å². The van der Waals surface area contributed by atoms with Gasteiger partial charge in [-0.2, -0.15) is 0 Å². The standard InChI is InChI=1S/C26H33N5O2/c1-17-27-20(15-24(28-17)29-19-6-2-3-7-19)14-18-10-12-31(13-11-18)26(33)22-16-25(32)30-23-9-5-4-8-21(22)23/h4-5,8-9,15,18-19,22H,2-3,6-7,10-14,16H2,1H3,(H,30,32)(H,27,28,29)/t22-/m1/s1. The number of benzene rings is 1. The molecule has 0 unspecified atom stereocenters. The minimum atomic E-state index is -0.375. The second-order valence-corrected chi connectivity index (χ2v) is 9.78. The summed E-state index contributed by atoms with van der Waals surface area (Å²) in [5, 5.41) is 6.48. The van der Waals surface area contributed by atoms with Gasteiger partial charge in [-0.1, -0.05) is 31.0 Å². The number of anilines is 2. The van der Waals surface area contributed by atoms with Crippen LogP contribution in [0.3, 0.4) is 0 Å². The van der Waals surface area contributed by atoms with Gasteiger partial charge in [0, 0.05) is 43.0 Å². The van der Waals surface area contributed by atoms with Crippen molar-refractivity contribution >= 4 is 23.3 Å². The van der Waals surface area contributed by atoms with E-state index in [1.807, 2.05) is 36.1 Å². The first-order valence-corrected chi connectivity index (χ1v) is 12.3. The van der Waals surface area contributed by atoms with Crippen molar-refractivity contribution in [1.29, 1.82) is 0 Å². The maximum atomic E-state index is 13.3. The molecular weight excluding hydrogens is 414 g/mol. The molecule has 7 heteroatoms. The maximum Gasteiger partial charge on any atom is 0.230 e. The lowest BCUT2D eigenvalue weighted by atomic mass is 9.87. The van der Waals surface area contributed by atoms with Crippen molar-refractivity contribution in [1.82, 2.24) is 14.9 Å². The summed E-state index contributed by atoms with van der Waals surface area (Å²) in [5.74, 6) is 1.89. The zero-order valence-corrected chi connectivity index (χ0v) is 19.3. The van der Waals surface area contributed by atoms with Gasteiger partial charge in [0.2, 0.25) is 11.8 Å². The molecule has 33 heavy (non-hydrogen) atoms. The number of piperidine rings is 1. The Kier molecular flexibility index (Phi) is 6.29. The van der Waals surface area contributed by atoms with Crippen LogP contribution in [0, 0.1) is 12.8 Å². The Morgan fingerprint density at radius 3 is 2.67 bits per heavy atom. The van der Waals surface area contributed by atoms with Crippen LogP contribution >= 0.6 is 0 Å². The molecule has 0 radical (unpaired) electrons. The van der Waals surface area contributed by atoms with E-state index in [0.29, 0.717) is 12.0 Å². The van der Waals surface area contributed by atoms with E-state index in [4.69, 9.17) is 0 Å². The largest absolute Gasteiger partial charge is 0.367 e. The summed E-state index contributed by atoms with van der Waals surface area (Å²) >= 11 is 0. The van der Waals surface area contributed by atoms with Gasteiger partial charge in [-0.15, -0.1) is 0 Å². The Morgan fingerprint density at radius 2 is 1.88 bits per heavy atom. The highest BCUT2D eigenvalue weighted by Crippen LogP contribution is 2.34. The van der Waals surface area contributed by atoms with Gasteiger partial charge in [0.15, 0.2) is 0 Å². The summed E-state index contributed by atoms with van der Waals surface area (Å²) in [6.45, 7) is 3.44. The molecule has 1 aliphatic carbocycles. The fourth-order valence-corrected chi connectivity index (χ4v) is 5.59. The van der Waals surface area contributed by atoms with Crippen LogP contribution in [0.5, 0.6) is 0 Å². The topological polar surface area (TPSA) is 87.2 Å². The number of nitrogens with one attached hydrogen (secondary N) is 2. The number of hydrogen-bond donors (Lipinski definition) is 2. The molecule has 0 spiro atoms. The number of hydrogen-bond acceptors (Lipinski definition) is 5. The summed E-state index contributed by atoms with van der Waals surface area (Å²) < 4.78 is 0. The first-order chi connectivity index (χ1) is 16.0. The highest BCUT2D eigenvalue weighted by atomic mass is 16.2. The van der Waals surface area contributed by atoms with Crippen molar-refractivity contribution in [3.63, 3.8) is 0 Å². The molecule has 7 nitrogen and oxygen atoms in total. The van der Waals surface area contributed by atoms with Gasteiger partial charge >= 0.3 is 0 Å². The van der Waals surface area contributed by atoms with Crippen molar-refractivity contribution in [3.05, 3.63) is 47.4 Å². The fraction of sp³-hybridized carbons (Fsp3) is 0.538. The van der Waals surface area contributed by atoms with Gasteiger partial charge in [-0.25, -0.2) is 9.97 Å². The first kappa shape index (κ1) is 21.9. The lowest BCUT2D eigenvalue weighted by Gasteiger charge is -2.35. The molecule has 2 aromatic rings. The van der Waals surface area contributed by atoms with Crippen LogP contribution in [-0.2, 0) is 16.0 Å². The zero-order chi connectivity index (χ0) is 22.8. The highest BCUT2D eigenvalue weighted by molar-refractivity contribution is 6.01. The van der Waals surface area contributed by atoms with E-state index in [1.165, 1.54) is 25.7 Å². The normalized spacial score (nSPS) is 21.5. The van der Waals surface area contributed by atoms with Crippen LogP contribution in [0.4, 0.5) is 11.5 Å². The fourth-order valence-electron chi connectivity index (χ4n) is 5.59. The number of fused-ring (bicyclic) bond motifs is 1. The quantitative estimate of drug-likeness (QED) is 0.722. The summed E-state index contributed by atoms with van der Waals surface area (Å²) in [4.78, 5) is 36.7. The smallest absolute Gasteiger partial charge is 0.230 e. The SMILES string of the molecule is Cc1nc(CC2CCN(C(=O)[C@@H]3CC(=O)Nc4ccccc43)CC2)cc(NC2CCCC2)n1. The van der Waals surface area contributed by atoms with Crippen LogP contribution < -0.4 is 10.6 Å². The van der Waals surface area contributed by atoms with Crippen molar-refractivity contribution in [2.24, 2.45) is 5.92 Å². The molecule has 1 saturated carbocycles. The molecule has 1 saturated heterocycles. The molecule has 0 bridgehead atoms. The number of rotatable bonds is 5. The third-order valence-corrected chi connectivity index (χ3v) is 7.32. The Morgan fingerprint density at radius 1 is 1.12 bits per heavy atom. The zero-order valence-electron chi connectivity index (χ0n) is 19.3. The van der Waals surface area contributed by atoms with E-state index < -0.39 is 0 Å². The Hall–Kier alpha value is -2.96. The molecule has 5 rings (SSSR count). The third kappa shape index (κ3) is 5.02. The van der Waals surface area contributed by atoms with E-state index >= 15 is 0 Å². The molecule has 2 N–H and O–H groups in total. The lowest BCUT2D eigenvalue weighted by molar-refractivity contribution is -0.136. The second-order valence-electron chi connectivity index (χ2n) is 9.78. The molecule has 2 aliphatic heterocycles. The number of amides is 2. The number of carbonyl (C=O) groups excluding carboxylic acids is 2. The molecule has 1 aromatic carbocycles. The number of carbonyl (C=O) groups is 2. The van der Waals surface area contributed by atoms with Crippen molar-refractivity contribution in [3.8, 4) is 0 Å². The minimum Gasteiger partial charge on any atom is -0.367 e. The summed E-state index contributed by atoms with van der Waals surface area (Å²) in [7, 11) is 0. The molecule has 174 valence electrons. The van der Waals surface area contributed by atoms with Gasteiger partial charge in [0.1, 0.15) is 11.6 Å². The molecule has 1 atom stereocenters. The molecule has 2 amide bonds. The molecule has 2 fully saturated rings. The number of nitrogens with zero attached hydrogens (tertiary/aromatic N) is 3. The Balaban J connectivity index is 1.19. The highest BCUT2D eigenvalue weighted by Gasteiger charge is 2.34. The van der Waals surface area contributed by atoms with E-state index in [2.05, 4.69) is 26.7 Å². The van der Waals surface area contributed by atoms with Gasteiger partial charge in [-0.3, -0.25) is 9.59 Å². The summed E-state index contributed by atoms with van der Waals surface area (Å²) in [6.07, 6.45) is 8.09. The summed E-state index contributed by atoms with van der Waals surface area (Å²) in [6, 6.07) is 10.3. The lowest BCUT2D eigenvalue weighted by Crippen LogP contribution is -2.43. The van der Waals surface area contributed by atoms with Crippen LogP contribution in [0.1, 0.15) is 67.9 Å². The van der Waals surface area contributed by atoms with Crippen molar-refractivity contribution in [2.45, 2.75) is 70.3 Å². The predicted octanol–water partition coefficient (Wildman–Crippen LogP) is 4.05. The van der Waals surface area contributed by atoms with Gasteiger partial charge < -0.3 is 15.5 Å². The predicted molar refractivity (Wildman–Crippen MR) is 128 cm³/mol. The van der Waals surface area contributed by atoms with Gasteiger partial charge in [0.25, 0.3) is 0 Å². The number of aromatic nitrogens is 2. The molecule has 3 aliphatic rings. The molecule has 3 heterocycles. The van der Waals surface area contributed by atoms with Crippen LogP contribution in [-0.4, -0.2) is 45.8 Å². The van der Waals surface area contributed by atoms with Crippen LogP contribution in [0.15, 0.2) is 30.3 Å². The number of aryl methyl sites for hydroxylation is 1. The molecule has 1 aromatic heterocycles. The average Bonchev–Trinajstić information content (AvgIpc) is 3.31. The van der Waals surface area contributed by atoms with Crippen molar-refractivity contribution in [2.75, 3.05) is 23.7 Å². The summed E-state index contributed by atoms with van der Waals surface area (Å²) in [5.41, 5.74) is 2.79. The van der Waals surface area contributed by atoms with Crippen molar-refractivity contribution < 1.29 is 9.59 Å². The first-order valence-electron chi connectivity index (χ1n) is 12.3. The van der Waals surface area contributed by atoms with E-state index in [1.54, 1.807) is 0 Å². The van der Waals surface area contributed by atoms with Crippen LogP contribution in [0.2, 0.25) is 0 Å². The molecular formula is C26H33N5O2.